The maximum absolute atomic E-state index is 12.6. The largest absolute Gasteiger partial charge is 0.467 e. The SMILES string of the molecule is C=CCn1c(=O)c2ccccc2n(CC(=O)NCc2ccco2)c1=O. The second kappa shape index (κ2) is 7.04. The number of nitrogens with one attached hydrogen (secondary N) is 1. The van der Waals surface area contributed by atoms with Crippen LogP contribution >= 0.6 is 0 Å². The molecule has 128 valence electrons. The minimum Gasteiger partial charge on any atom is -0.467 e. The summed E-state index contributed by atoms with van der Waals surface area (Å²) in [7, 11) is 0. The number of para-hydroxylation sites is 1. The van der Waals surface area contributed by atoms with Crippen LogP contribution in [-0.4, -0.2) is 15.0 Å². The molecule has 1 amide bonds. The molecule has 0 saturated carbocycles. The Bertz CT molecular complexity index is 1030. The molecule has 1 aromatic carbocycles. The first-order chi connectivity index (χ1) is 12.1. The van der Waals surface area contributed by atoms with Crippen molar-refractivity contribution >= 4 is 16.8 Å². The van der Waals surface area contributed by atoms with Gasteiger partial charge in [0.05, 0.1) is 23.7 Å². The summed E-state index contributed by atoms with van der Waals surface area (Å²) in [6.45, 7) is 3.68. The number of rotatable bonds is 6. The lowest BCUT2D eigenvalue weighted by Gasteiger charge is -2.13. The summed E-state index contributed by atoms with van der Waals surface area (Å²) in [5.41, 5.74) is -0.518. The third-order valence-electron chi connectivity index (χ3n) is 3.79. The van der Waals surface area contributed by atoms with E-state index in [0.29, 0.717) is 16.7 Å². The van der Waals surface area contributed by atoms with Crippen molar-refractivity contribution in [3.8, 4) is 0 Å². The second-order valence-electron chi connectivity index (χ2n) is 5.45. The van der Waals surface area contributed by atoms with Crippen LogP contribution in [0.25, 0.3) is 10.9 Å². The standard InChI is InChI=1S/C18H17N3O4/c1-2-9-20-17(23)14-7-3-4-8-15(14)21(18(20)24)12-16(22)19-11-13-6-5-10-25-13/h2-8,10H,1,9,11-12H2,(H,19,22). The van der Waals surface area contributed by atoms with Crippen LogP contribution in [0.2, 0.25) is 0 Å². The molecule has 2 heterocycles. The molecule has 0 aliphatic rings. The molecule has 0 unspecified atom stereocenters. The van der Waals surface area contributed by atoms with E-state index in [9.17, 15) is 14.4 Å². The molecule has 2 aromatic heterocycles. The van der Waals surface area contributed by atoms with Gasteiger partial charge in [-0.3, -0.25) is 18.7 Å². The number of fused-ring (bicyclic) bond motifs is 1. The average molecular weight is 339 g/mol. The van der Waals surface area contributed by atoms with Crippen LogP contribution in [0.3, 0.4) is 0 Å². The van der Waals surface area contributed by atoms with Gasteiger partial charge in [0.25, 0.3) is 5.56 Å². The van der Waals surface area contributed by atoms with Crippen LogP contribution in [0.4, 0.5) is 0 Å². The molecular weight excluding hydrogens is 322 g/mol. The molecule has 7 heteroatoms. The number of allylic oxidation sites excluding steroid dienone is 1. The van der Waals surface area contributed by atoms with Crippen molar-refractivity contribution in [1.82, 2.24) is 14.5 Å². The molecule has 0 atom stereocenters. The van der Waals surface area contributed by atoms with Gasteiger partial charge >= 0.3 is 5.69 Å². The van der Waals surface area contributed by atoms with Crippen molar-refractivity contribution in [2.24, 2.45) is 0 Å². The maximum atomic E-state index is 12.6. The molecule has 1 N–H and O–H groups in total. The zero-order valence-corrected chi connectivity index (χ0v) is 13.5. The molecule has 0 radical (unpaired) electrons. The van der Waals surface area contributed by atoms with Crippen molar-refractivity contribution in [1.29, 1.82) is 0 Å². The molecule has 0 aliphatic heterocycles. The van der Waals surface area contributed by atoms with Gasteiger partial charge in [-0.05, 0) is 24.3 Å². The first-order valence-electron chi connectivity index (χ1n) is 7.74. The highest BCUT2D eigenvalue weighted by atomic mass is 16.3. The predicted molar refractivity (Wildman–Crippen MR) is 93.2 cm³/mol. The van der Waals surface area contributed by atoms with Crippen LogP contribution in [0.1, 0.15) is 5.76 Å². The number of nitrogens with zero attached hydrogens (tertiary/aromatic N) is 2. The normalized spacial score (nSPS) is 10.7. The Hall–Kier alpha value is -3.35. The zero-order chi connectivity index (χ0) is 17.8. The predicted octanol–water partition coefficient (Wildman–Crippen LogP) is 1.26. The number of aromatic nitrogens is 2. The Morgan fingerprint density at radius 2 is 1.96 bits per heavy atom. The third-order valence-corrected chi connectivity index (χ3v) is 3.79. The summed E-state index contributed by atoms with van der Waals surface area (Å²) in [4.78, 5) is 37.3. The van der Waals surface area contributed by atoms with Gasteiger partial charge in [0.2, 0.25) is 5.91 Å². The minimum absolute atomic E-state index is 0.0799. The molecule has 0 fully saturated rings. The lowest BCUT2D eigenvalue weighted by molar-refractivity contribution is -0.121. The Labute approximate surface area is 142 Å². The Balaban J connectivity index is 1.97. The van der Waals surface area contributed by atoms with Gasteiger partial charge in [0.1, 0.15) is 12.3 Å². The van der Waals surface area contributed by atoms with E-state index in [2.05, 4.69) is 11.9 Å². The average Bonchev–Trinajstić information content (AvgIpc) is 3.14. The van der Waals surface area contributed by atoms with Crippen LogP contribution < -0.4 is 16.6 Å². The number of hydrogen-bond acceptors (Lipinski definition) is 4. The lowest BCUT2D eigenvalue weighted by Crippen LogP contribution is -2.42. The van der Waals surface area contributed by atoms with Crippen molar-refractivity contribution in [2.75, 3.05) is 0 Å². The van der Waals surface area contributed by atoms with Gasteiger partial charge in [-0.15, -0.1) is 6.58 Å². The van der Waals surface area contributed by atoms with E-state index in [4.69, 9.17) is 4.42 Å². The number of hydrogen-bond donors (Lipinski definition) is 1. The van der Waals surface area contributed by atoms with Crippen LogP contribution in [0, 0.1) is 0 Å². The van der Waals surface area contributed by atoms with E-state index in [0.717, 1.165) is 4.57 Å². The summed E-state index contributed by atoms with van der Waals surface area (Å²) in [6, 6.07) is 10.2. The fourth-order valence-electron chi connectivity index (χ4n) is 2.61. The Morgan fingerprint density at radius 3 is 2.68 bits per heavy atom. The first-order valence-corrected chi connectivity index (χ1v) is 7.74. The lowest BCUT2D eigenvalue weighted by atomic mass is 10.2. The van der Waals surface area contributed by atoms with Gasteiger partial charge in [-0.2, -0.15) is 0 Å². The van der Waals surface area contributed by atoms with Crippen LogP contribution in [-0.2, 0) is 24.4 Å². The fourth-order valence-corrected chi connectivity index (χ4v) is 2.61. The number of carbonyl (C=O) groups excluding carboxylic acids is 1. The highest BCUT2D eigenvalue weighted by Crippen LogP contribution is 2.07. The summed E-state index contributed by atoms with van der Waals surface area (Å²) in [5, 5.41) is 3.07. The van der Waals surface area contributed by atoms with Crippen molar-refractivity contribution in [3.05, 3.63) is 81.9 Å². The van der Waals surface area contributed by atoms with Crippen LogP contribution in [0.5, 0.6) is 0 Å². The van der Waals surface area contributed by atoms with E-state index in [-0.39, 0.29) is 25.5 Å². The van der Waals surface area contributed by atoms with E-state index in [1.165, 1.54) is 16.9 Å². The number of furan rings is 1. The first kappa shape index (κ1) is 16.5. The molecule has 3 rings (SSSR count). The molecule has 25 heavy (non-hydrogen) atoms. The highest BCUT2D eigenvalue weighted by molar-refractivity contribution is 5.81. The van der Waals surface area contributed by atoms with Gasteiger partial charge in [0.15, 0.2) is 0 Å². The molecule has 3 aromatic rings. The van der Waals surface area contributed by atoms with Crippen molar-refractivity contribution < 1.29 is 9.21 Å². The fraction of sp³-hybridized carbons (Fsp3) is 0.167. The number of benzene rings is 1. The summed E-state index contributed by atoms with van der Waals surface area (Å²) >= 11 is 0. The van der Waals surface area contributed by atoms with E-state index >= 15 is 0 Å². The molecular formula is C18H17N3O4. The molecule has 7 nitrogen and oxygen atoms in total. The van der Waals surface area contributed by atoms with Crippen LogP contribution in [0.15, 0.2) is 69.3 Å². The van der Waals surface area contributed by atoms with Gasteiger partial charge in [0, 0.05) is 6.54 Å². The van der Waals surface area contributed by atoms with E-state index < -0.39 is 11.2 Å². The molecule has 0 bridgehead atoms. The summed E-state index contributed by atoms with van der Waals surface area (Å²) in [5.74, 6) is 0.259. The molecule has 0 saturated heterocycles. The Morgan fingerprint density at radius 1 is 1.16 bits per heavy atom. The van der Waals surface area contributed by atoms with Gasteiger partial charge < -0.3 is 9.73 Å². The topological polar surface area (TPSA) is 86.2 Å². The maximum Gasteiger partial charge on any atom is 0.332 e. The molecule has 0 aliphatic carbocycles. The summed E-state index contributed by atoms with van der Waals surface area (Å²) < 4.78 is 7.51. The zero-order valence-electron chi connectivity index (χ0n) is 13.5. The monoisotopic (exact) mass is 339 g/mol. The van der Waals surface area contributed by atoms with E-state index in [1.807, 2.05) is 0 Å². The molecule has 0 spiro atoms. The highest BCUT2D eigenvalue weighted by Gasteiger charge is 2.14. The summed E-state index contributed by atoms with van der Waals surface area (Å²) in [6.07, 6.45) is 2.99. The minimum atomic E-state index is -0.545. The van der Waals surface area contributed by atoms with Gasteiger partial charge in [-0.25, -0.2) is 4.79 Å². The number of carbonyl (C=O) groups is 1. The third kappa shape index (κ3) is 3.30. The Kier molecular flexibility index (Phi) is 4.65. The second-order valence-corrected chi connectivity index (χ2v) is 5.45. The van der Waals surface area contributed by atoms with Gasteiger partial charge in [-0.1, -0.05) is 18.2 Å². The number of amides is 1. The smallest absolute Gasteiger partial charge is 0.332 e. The van der Waals surface area contributed by atoms with E-state index in [1.54, 1.807) is 36.4 Å². The quantitative estimate of drug-likeness (QED) is 0.685. The van der Waals surface area contributed by atoms with Crippen molar-refractivity contribution in [2.45, 2.75) is 19.6 Å². The van der Waals surface area contributed by atoms with Crippen molar-refractivity contribution in [3.63, 3.8) is 0 Å².